The summed E-state index contributed by atoms with van der Waals surface area (Å²) in [5.41, 5.74) is 0.670. The first-order valence-corrected chi connectivity index (χ1v) is 8.22. The van der Waals surface area contributed by atoms with Crippen molar-refractivity contribution in [1.82, 2.24) is 5.32 Å². The molecular formula is C17H14Cl2N2O5. The van der Waals surface area contributed by atoms with Crippen molar-refractivity contribution < 1.29 is 19.6 Å². The van der Waals surface area contributed by atoms with Crippen LogP contribution in [0, 0.1) is 10.1 Å². The molecule has 2 aromatic carbocycles. The highest BCUT2D eigenvalue weighted by Crippen LogP contribution is 2.25. The van der Waals surface area contributed by atoms with Crippen LogP contribution in [0.2, 0.25) is 10.0 Å². The van der Waals surface area contributed by atoms with E-state index in [9.17, 15) is 24.8 Å². The van der Waals surface area contributed by atoms with Crippen molar-refractivity contribution >= 4 is 40.8 Å². The first-order chi connectivity index (χ1) is 12.3. The van der Waals surface area contributed by atoms with Crippen LogP contribution in [0.5, 0.6) is 0 Å². The molecule has 0 aromatic heterocycles. The normalized spacial score (nSPS) is 11.6. The molecule has 0 radical (unpaired) electrons. The fraction of sp³-hybridized carbons (Fsp3) is 0.176. The zero-order valence-corrected chi connectivity index (χ0v) is 14.8. The van der Waals surface area contributed by atoms with Crippen LogP contribution in [-0.4, -0.2) is 27.9 Å². The molecule has 7 nitrogen and oxygen atoms in total. The minimum absolute atomic E-state index is 0.0888. The maximum absolute atomic E-state index is 12.2. The molecule has 26 heavy (non-hydrogen) atoms. The summed E-state index contributed by atoms with van der Waals surface area (Å²) in [7, 11) is 0. The number of hydrogen-bond acceptors (Lipinski definition) is 4. The van der Waals surface area contributed by atoms with Crippen LogP contribution >= 0.6 is 23.2 Å². The molecule has 2 aromatic rings. The van der Waals surface area contributed by atoms with Crippen molar-refractivity contribution in [3.8, 4) is 0 Å². The lowest BCUT2D eigenvalue weighted by Crippen LogP contribution is -2.43. The van der Waals surface area contributed by atoms with E-state index in [2.05, 4.69) is 5.32 Å². The summed E-state index contributed by atoms with van der Waals surface area (Å²) in [5, 5.41) is 23.1. The molecule has 1 atom stereocenters. The van der Waals surface area contributed by atoms with Crippen LogP contribution in [0.1, 0.15) is 11.1 Å². The second kappa shape index (κ2) is 8.64. The topological polar surface area (TPSA) is 110 Å². The van der Waals surface area contributed by atoms with Gasteiger partial charge in [-0.05, 0) is 23.3 Å². The Kier molecular flexibility index (Phi) is 6.54. The van der Waals surface area contributed by atoms with Gasteiger partial charge in [0.15, 0.2) is 0 Å². The van der Waals surface area contributed by atoms with Crippen molar-refractivity contribution in [2.24, 2.45) is 0 Å². The predicted octanol–water partition coefficient (Wildman–Crippen LogP) is 3.26. The van der Waals surface area contributed by atoms with Crippen molar-refractivity contribution in [1.29, 1.82) is 0 Å². The molecule has 0 saturated carbocycles. The quantitative estimate of drug-likeness (QED) is 0.551. The van der Waals surface area contributed by atoms with E-state index in [4.69, 9.17) is 23.2 Å². The zero-order chi connectivity index (χ0) is 19.3. The van der Waals surface area contributed by atoms with E-state index in [1.54, 1.807) is 24.3 Å². The Labute approximate surface area is 158 Å². The summed E-state index contributed by atoms with van der Waals surface area (Å²) in [6, 6.07) is 9.12. The molecule has 2 N–H and O–H groups in total. The number of hydrogen-bond donors (Lipinski definition) is 2. The Morgan fingerprint density at radius 3 is 2.35 bits per heavy atom. The fourth-order valence-electron chi connectivity index (χ4n) is 2.34. The molecule has 136 valence electrons. The van der Waals surface area contributed by atoms with Crippen molar-refractivity contribution in [2.75, 3.05) is 0 Å². The summed E-state index contributed by atoms with van der Waals surface area (Å²) in [4.78, 5) is 33.8. The lowest BCUT2D eigenvalue weighted by atomic mass is 10.0. The average molecular weight is 397 g/mol. The highest BCUT2D eigenvalue weighted by Gasteiger charge is 2.23. The number of carbonyl (C=O) groups is 2. The molecule has 0 aliphatic rings. The maximum Gasteiger partial charge on any atom is 0.326 e. The van der Waals surface area contributed by atoms with Crippen molar-refractivity contribution in [2.45, 2.75) is 18.9 Å². The minimum atomic E-state index is -1.24. The van der Waals surface area contributed by atoms with Crippen LogP contribution in [-0.2, 0) is 22.4 Å². The number of carbonyl (C=O) groups excluding carboxylic acids is 1. The van der Waals surface area contributed by atoms with Gasteiger partial charge in [-0.25, -0.2) is 4.79 Å². The fourth-order valence-corrected chi connectivity index (χ4v) is 2.89. The van der Waals surface area contributed by atoms with E-state index in [1.807, 2.05) is 0 Å². The van der Waals surface area contributed by atoms with Gasteiger partial charge in [-0.15, -0.1) is 0 Å². The summed E-state index contributed by atoms with van der Waals surface area (Å²) in [6.45, 7) is 0. The molecule has 0 aliphatic carbocycles. The Hall–Kier alpha value is -2.64. The number of carboxylic acid groups (broad SMARTS) is 1. The van der Waals surface area contributed by atoms with Crippen molar-refractivity contribution in [3.63, 3.8) is 0 Å². The molecule has 0 heterocycles. The van der Waals surface area contributed by atoms with Gasteiger partial charge in [-0.2, -0.15) is 0 Å². The van der Waals surface area contributed by atoms with E-state index in [0.717, 1.165) is 0 Å². The number of non-ortho nitro benzene ring substituents is 1. The Morgan fingerprint density at radius 2 is 1.77 bits per heavy atom. The van der Waals surface area contributed by atoms with Gasteiger partial charge in [-0.1, -0.05) is 41.4 Å². The maximum atomic E-state index is 12.2. The number of amides is 1. The van der Waals surface area contributed by atoms with Gasteiger partial charge < -0.3 is 10.4 Å². The summed E-state index contributed by atoms with van der Waals surface area (Å²) < 4.78 is 0. The molecule has 9 heteroatoms. The largest absolute Gasteiger partial charge is 0.480 e. The second-order valence-electron chi connectivity index (χ2n) is 5.47. The van der Waals surface area contributed by atoms with Gasteiger partial charge >= 0.3 is 5.97 Å². The van der Waals surface area contributed by atoms with Gasteiger partial charge in [0.2, 0.25) is 5.91 Å². The van der Waals surface area contributed by atoms with Gasteiger partial charge in [0.1, 0.15) is 6.04 Å². The molecule has 2 rings (SSSR count). The van der Waals surface area contributed by atoms with Gasteiger partial charge in [0.25, 0.3) is 5.69 Å². The van der Waals surface area contributed by atoms with Crippen LogP contribution in [0.3, 0.4) is 0 Å². The van der Waals surface area contributed by atoms with E-state index < -0.39 is 22.8 Å². The lowest BCUT2D eigenvalue weighted by Gasteiger charge is -2.16. The van der Waals surface area contributed by atoms with Gasteiger partial charge in [0.05, 0.1) is 11.3 Å². The molecule has 0 saturated heterocycles. The van der Waals surface area contributed by atoms with E-state index in [-0.39, 0.29) is 18.5 Å². The first kappa shape index (κ1) is 19.7. The highest BCUT2D eigenvalue weighted by molar-refractivity contribution is 6.36. The van der Waals surface area contributed by atoms with Crippen LogP contribution in [0.15, 0.2) is 42.5 Å². The van der Waals surface area contributed by atoms with Crippen LogP contribution in [0.4, 0.5) is 5.69 Å². The Balaban J connectivity index is 2.10. The number of nitro benzene ring substituents is 1. The lowest BCUT2D eigenvalue weighted by molar-refractivity contribution is -0.384. The first-order valence-electron chi connectivity index (χ1n) is 7.46. The number of carboxylic acids is 1. The number of halogens is 2. The molecule has 0 bridgehead atoms. The minimum Gasteiger partial charge on any atom is -0.480 e. The van der Waals surface area contributed by atoms with Crippen LogP contribution in [0.25, 0.3) is 0 Å². The third kappa shape index (κ3) is 5.18. The number of nitro groups is 1. The number of benzene rings is 2. The smallest absolute Gasteiger partial charge is 0.326 e. The molecular weight excluding hydrogens is 383 g/mol. The van der Waals surface area contributed by atoms with Crippen LogP contribution < -0.4 is 5.32 Å². The summed E-state index contributed by atoms with van der Waals surface area (Å²) in [5.74, 6) is -1.82. The Morgan fingerprint density at radius 1 is 1.15 bits per heavy atom. The van der Waals surface area contributed by atoms with Gasteiger partial charge in [-0.3, -0.25) is 14.9 Å². The number of nitrogens with one attached hydrogen (secondary N) is 1. The third-order valence-electron chi connectivity index (χ3n) is 3.59. The van der Waals surface area contributed by atoms with E-state index in [0.29, 0.717) is 21.2 Å². The highest BCUT2D eigenvalue weighted by atomic mass is 35.5. The number of nitrogens with zero attached hydrogens (tertiary/aromatic N) is 1. The molecule has 0 fully saturated rings. The monoisotopic (exact) mass is 396 g/mol. The Bertz CT molecular complexity index is 837. The standard InChI is InChI=1S/C17H14Cl2N2O5/c18-13-5-2-6-14(19)12(13)9-15(17(23)24)20-16(22)8-10-3-1-4-11(7-10)21(25)26/h1-7,15H,8-9H2,(H,20,22)(H,23,24)/t15-/m0/s1. The van der Waals surface area contributed by atoms with Gasteiger partial charge in [0, 0.05) is 28.6 Å². The zero-order valence-electron chi connectivity index (χ0n) is 13.3. The molecule has 0 spiro atoms. The van der Waals surface area contributed by atoms with Crippen molar-refractivity contribution in [3.05, 3.63) is 73.8 Å². The summed E-state index contributed by atoms with van der Waals surface area (Å²) >= 11 is 12.1. The van der Waals surface area contributed by atoms with E-state index >= 15 is 0 Å². The molecule has 0 aliphatic heterocycles. The number of rotatable bonds is 7. The average Bonchev–Trinajstić information content (AvgIpc) is 2.57. The number of aliphatic carboxylic acids is 1. The SMILES string of the molecule is O=C(Cc1cccc([N+](=O)[O-])c1)N[C@@H](Cc1c(Cl)cccc1Cl)C(=O)O. The third-order valence-corrected chi connectivity index (χ3v) is 4.30. The molecule has 0 unspecified atom stereocenters. The second-order valence-corrected chi connectivity index (χ2v) is 6.28. The summed E-state index contributed by atoms with van der Waals surface area (Å²) in [6.07, 6.45) is -0.282. The molecule has 1 amide bonds. The van der Waals surface area contributed by atoms with E-state index in [1.165, 1.54) is 18.2 Å². The predicted molar refractivity (Wildman–Crippen MR) is 96.5 cm³/mol.